The lowest BCUT2D eigenvalue weighted by molar-refractivity contribution is 0.279. The van der Waals surface area contributed by atoms with Crippen LogP contribution in [0.5, 0.6) is 5.75 Å². The third-order valence-electron chi connectivity index (χ3n) is 4.14. The van der Waals surface area contributed by atoms with Crippen LogP contribution in [0.25, 0.3) is 0 Å². The number of methoxy groups -OCH3 is 1. The normalized spacial score (nSPS) is 23.9. The third kappa shape index (κ3) is 3.26. The zero-order valence-electron chi connectivity index (χ0n) is 11.8. The molecule has 0 saturated heterocycles. The molecular weight excluding hydrogens is 222 g/mol. The number of nitrogens with one attached hydrogen (secondary N) is 1. The van der Waals surface area contributed by atoms with Crippen molar-refractivity contribution in [1.29, 1.82) is 0 Å². The zero-order chi connectivity index (χ0) is 13.0. The number of ether oxygens (including phenoxy) is 1. The Balaban J connectivity index is 1.91. The molecule has 2 heteroatoms. The van der Waals surface area contributed by atoms with E-state index in [2.05, 4.69) is 37.4 Å². The van der Waals surface area contributed by atoms with Crippen LogP contribution in [-0.2, 0) is 6.54 Å². The van der Waals surface area contributed by atoms with Gasteiger partial charge < -0.3 is 10.1 Å². The predicted octanol–water partition coefficient (Wildman–Crippen LogP) is 3.67. The Morgan fingerprint density at radius 3 is 2.72 bits per heavy atom. The summed E-state index contributed by atoms with van der Waals surface area (Å²) in [4.78, 5) is 0. The molecule has 0 bridgehead atoms. The number of hydrogen-bond acceptors (Lipinski definition) is 2. The molecule has 1 aromatic carbocycles. The molecule has 0 unspecified atom stereocenters. The van der Waals surface area contributed by atoms with Crippen LogP contribution < -0.4 is 10.1 Å². The highest BCUT2D eigenvalue weighted by Gasteiger charge is 2.20. The van der Waals surface area contributed by atoms with Crippen molar-refractivity contribution in [3.05, 3.63) is 29.3 Å². The van der Waals surface area contributed by atoms with Crippen molar-refractivity contribution in [3.8, 4) is 5.75 Å². The summed E-state index contributed by atoms with van der Waals surface area (Å²) >= 11 is 0. The molecule has 1 fully saturated rings. The van der Waals surface area contributed by atoms with E-state index in [9.17, 15) is 0 Å². The summed E-state index contributed by atoms with van der Waals surface area (Å²) in [6, 6.07) is 7.14. The molecular formula is C16H25NO. The molecule has 100 valence electrons. The van der Waals surface area contributed by atoms with Gasteiger partial charge in [0.25, 0.3) is 0 Å². The Labute approximate surface area is 111 Å². The van der Waals surface area contributed by atoms with Gasteiger partial charge in [-0.05, 0) is 42.9 Å². The summed E-state index contributed by atoms with van der Waals surface area (Å²) in [5.74, 6) is 1.79. The maximum Gasteiger partial charge on any atom is 0.121 e. The summed E-state index contributed by atoms with van der Waals surface area (Å²) < 4.78 is 5.29. The monoisotopic (exact) mass is 247 g/mol. The molecule has 2 nitrogen and oxygen atoms in total. The van der Waals surface area contributed by atoms with E-state index in [1.54, 1.807) is 7.11 Å². The van der Waals surface area contributed by atoms with E-state index in [1.807, 2.05) is 0 Å². The van der Waals surface area contributed by atoms with Crippen molar-refractivity contribution in [3.63, 3.8) is 0 Å². The van der Waals surface area contributed by atoms with Gasteiger partial charge >= 0.3 is 0 Å². The molecule has 0 aliphatic heterocycles. The van der Waals surface area contributed by atoms with Crippen molar-refractivity contribution in [1.82, 2.24) is 5.32 Å². The molecule has 0 heterocycles. The third-order valence-corrected chi connectivity index (χ3v) is 4.14. The highest BCUT2D eigenvalue weighted by Crippen LogP contribution is 2.24. The largest absolute Gasteiger partial charge is 0.496 e. The van der Waals surface area contributed by atoms with Crippen LogP contribution in [0.4, 0.5) is 0 Å². The lowest BCUT2D eigenvalue weighted by atomic mass is 9.86. The van der Waals surface area contributed by atoms with E-state index >= 15 is 0 Å². The van der Waals surface area contributed by atoms with Crippen molar-refractivity contribution >= 4 is 0 Å². The minimum Gasteiger partial charge on any atom is -0.496 e. The van der Waals surface area contributed by atoms with E-state index in [1.165, 1.54) is 36.8 Å². The Hall–Kier alpha value is -1.02. The van der Waals surface area contributed by atoms with Crippen LogP contribution in [0.15, 0.2) is 18.2 Å². The lowest BCUT2D eigenvalue weighted by Gasteiger charge is -2.29. The van der Waals surface area contributed by atoms with Crippen LogP contribution in [0.3, 0.4) is 0 Å². The molecule has 1 aliphatic rings. The fourth-order valence-corrected chi connectivity index (χ4v) is 2.92. The fourth-order valence-electron chi connectivity index (χ4n) is 2.92. The first-order valence-electron chi connectivity index (χ1n) is 7.07. The summed E-state index contributed by atoms with van der Waals surface area (Å²) in [6.45, 7) is 5.45. The average Bonchev–Trinajstić information content (AvgIpc) is 2.38. The summed E-state index contributed by atoms with van der Waals surface area (Å²) in [7, 11) is 1.73. The summed E-state index contributed by atoms with van der Waals surface area (Å²) in [5, 5.41) is 3.71. The minimum atomic E-state index is 0.696. The number of hydrogen-bond donors (Lipinski definition) is 1. The van der Waals surface area contributed by atoms with Gasteiger partial charge in [0.15, 0.2) is 0 Å². The van der Waals surface area contributed by atoms with Gasteiger partial charge in [0.1, 0.15) is 5.75 Å². The molecule has 0 amide bonds. The number of aryl methyl sites for hydroxylation is 1. The van der Waals surface area contributed by atoms with Gasteiger partial charge in [0.2, 0.25) is 0 Å². The van der Waals surface area contributed by atoms with Gasteiger partial charge in [-0.2, -0.15) is 0 Å². The first-order chi connectivity index (χ1) is 8.70. The Morgan fingerprint density at radius 2 is 2.06 bits per heavy atom. The van der Waals surface area contributed by atoms with Crippen LogP contribution in [-0.4, -0.2) is 13.2 Å². The Bertz CT molecular complexity index is 389. The average molecular weight is 247 g/mol. The van der Waals surface area contributed by atoms with E-state index in [-0.39, 0.29) is 0 Å². The topological polar surface area (TPSA) is 21.3 Å². The van der Waals surface area contributed by atoms with E-state index in [0.29, 0.717) is 6.04 Å². The number of rotatable bonds is 4. The molecule has 1 aliphatic carbocycles. The van der Waals surface area contributed by atoms with Gasteiger partial charge in [-0.3, -0.25) is 0 Å². The van der Waals surface area contributed by atoms with Gasteiger partial charge in [0.05, 0.1) is 7.11 Å². The minimum absolute atomic E-state index is 0.696. The maximum absolute atomic E-state index is 5.29. The Kier molecular flexibility index (Phi) is 4.65. The van der Waals surface area contributed by atoms with Gasteiger partial charge in [-0.15, -0.1) is 0 Å². The first kappa shape index (κ1) is 13.4. The van der Waals surface area contributed by atoms with Crippen molar-refractivity contribution < 1.29 is 4.74 Å². The fraction of sp³-hybridized carbons (Fsp3) is 0.625. The predicted molar refractivity (Wildman–Crippen MR) is 76.0 cm³/mol. The smallest absolute Gasteiger partial charge is 0.121 e. The van der Waals surface area contributed by atoms with Crippen LogP contribution in [0, 0.1) is 12.8 Å². The van der Waals surface area contributed by atoms with Crippen molar-refractivity contribution in [2.24, 2.45) is 5.92 Å². The van der Waals surface area contributed by atoms with Crippen molar-refractivity contribution in [2.75, 3.05) is 7.11 Å². The van der Waals surface area contributed by atoms with E-state index in [4.69, 9.17) is 4.74 Å². The summed E-state index contributed by atoms with van der Waals surface area (Å²) in [5.41, 5.74) is 2.57. The van der Waals surface area contributed by atoms with Gasteiger partial charge in [-0.25, -0.2) is 0 Å². The molecule has 0 radical (unpaired) electrons. The molecule has 2 atom stereocenters. The van der Waals surface area contributed by atoms with Crippen LogP contribution >= 0.6 is 0 Å². The van der Waals surface area contributed by atoms with Gasteiger partial charge in [-0.1, -0.05) is 31.9 Å². The molecule has 1 aromatic rings. The van der Waals surface area contributed by atoms with Crippen molar-refractivity contribution in [2.45, 2.75) is 52.1 Å². The zero-order valence-corrected chi connectivity index (χ0v) is 11.8. The SMILES string of the molecule is COc1ccc(CN[C@@H]2CCCC[C@H]2C)cc1C. The molecule has 2 rings (SSSR count). The highest BCUT2D eigenvalue weighted by molar-refractivity contribution is 5.36. The molecule has 1 N–H and O–H groups in total. The van der Waals surface area contributed by atoms with Crippen LogP contribution in [0.2, 0.25) is 0 Å². The highest BCUT2D eigenvalue weighted by atomic mass is 16.5. The van der Waals surface area contributed by atoms with E-state index < -0.39 is 0 Å². The first-order valence-corrected chi connectivity index (χ1v) is 7.07. The van der Waals surface area contributed by atoms with Crippen LogP contribution in [0.1, 0.15) is 43.7 Å². The molecule has 1 saturated carbocycles. The molecule has 18 heavy (non-hydrogen) atoms. The Morgan fingerprint density at radius 1 is 1.28 bits per heavy atom. The molecule has 0 aromatic heterocycles. The second kappa shape index (κ2) is 6.24. The second-order valence-electron chi connectivity index (χ2n) is 5.55. The number of benzene rings is 1. The van der Waals surface area contributed by atoms with Gasteiger partial charge in [0, 0.05) is 12.6 Å². The quantitative estimate of drug-likeness (QED) is 0.876. The standard InChI is InChI=1S/C16H25NO/c1-12-6-4-5-7-15(12)17-11-14-8-9-16(18-3)13(2)10-14/h8-10,12,15,17H,4-7,11H2,1-3H3/t12-,15-/m1/s1. The van der Waals surface area contributed by atoms with E-state index in [0.717, 1.165) is 18.2 Å². The second-order valence-corrected chi connectivity index (χ2v) is 5.55. The molecule has 0 spiro atoms. The summed E-state index contributed by atoms with van der Waals surface area (Å²) in [6.07, 6.45) is 5.49. The lowest BCUT2D eigenvalue weighted by Crippen LogP contribution is -2.36. The maximum atomic E-state index is 5.29.